The van der Waals surface area contributed by atoms with E-state index in [0.29, 0.717) is 18.1 Å². The van der Waals surface area contributed by atoms with Crippen molar-refractivity contribution in [3.63, 3.8) is 0 Å². The van der Waals surface area contributed by atoms with Crippen molar-refractivity contribution in [1.29, 1.82) is 0 Å². The lowest BCUT2D eigenvalue weighted by Gasteiger charge is -2.17. The maximum Gasteiger partial charge on any atom is 0.139 e. The number of imidazole rings is 1. The molecule has 3 rings (SSSR count). The largest absolute Gasteiger partial charge is 0.361 e. The highest BCUT2D eigenvalue weighted by atomic mass is 28.3. The van der Waals surface area contributed by atoms with Gasteiger partial charge in [-0.3, -0.25) is 4.98 Å². The van der Waals surface area contributed by atoms with Gasteiger partial charge in [-0.15, -0.1) is 0 Å². The lowest BCUT2D eigenvalue weighted by Crippen LogP contribution is -2.22. The standard InChI is InChI=1S/C21H25FN4O2Si/c1-29(2,3)13-12-28-15-26-19(14-24-27)25-20(16-8-10-23-11-9-16)21(26)17-4-6-18(22)7-5-17/h4-11H,12-15H2,1-3H3. The molecular weight excluding hydrogens is 387 g/mol. The number of ether oxygens (including phenoxy) is 1. The van der Waals surface area contributed by atoms with Crippen LogP contribution in [-0.4, -0.2) is 29.2 Å². The minimum absolute atomic E-state index is 0.0728. The van der Waals surface area contributed by atoms with Gasteiger partial charge in [0.25, 0.3) is 0 Å². The zero-order valence-electron chi connectivity index (χ0n) is 16.9. The fourth-order valence-corrected chi connectivity index (χ4v) is 3.72. The van der Waals surface area contributed by atoms with E-state index in [1.165, 1.54) is 12.1 Å². The Kier molecular flexibility index (Phi) is 6.66. The zero-order valence-corrected chi connectivity index (χ0v) is 17.9. The van der Waals surface area contributed by atoms with Crippen LogP contribution < -0.4 is 0 Å². The van der Waals surface area contributed by atoms with E-state index in [1.54, 1.807) is 24.5 Å². The van der Waals surface area contributed by atoms with E-state index < -0.39 is 8.07 Å². The van der Waals surface area contributed by atoms with Gasteiger partial charge >= 0.3 is 0 Å². The van der Waals surface area contributed by atoms with Crippen LogP contribution in [0.1, 0.15) is 5.82 Å². The molecule has 6 nitrogen and oxygen atoms in total. The summed E-state index contributed by atoms with van der Waals surface area (Å²) in [5.74, 6) is 0.200. The summed E-state index contributed by atoms with van der Waals surface area (Å²) in [6.45, 7) is 7.69. The van der Waals surface area contributed by atoms with Crippen LogP contribution in [0.4, 0.5) is 4.39 Å². The number of hydrogen-bond acceptors (Lipinski definition) is 5. The van der Waals surface area contributed by atoms with Gasteiger partial charge in [0.05, 0.1) is 11.4 Å². The van der Waals surface area contributed by atoms with Crippen LogP contribution in [0.15, 0.2) is 54.0 Å². The van der Waals surface area contributed by atoms with E-state index in [2.05, 4.69) is 34.8 Å². The molecule has 0 saturated carbocycles. The number of benzene rings is 1. The highest BCUT2D eigenvalue weighted by molar-refractivity contribution is 6.76. The maximum absolute atomic E-state index is 13.5. The minimum atomic E-state index is -1.22. The molecule has 0 aliphatic heterocycles. The normalized spacial score (nSPS) is 11.6. The average molecular weight is 413 g/mol. The summed E-state index contributed by atoms with van der Waals surface area (Å²) in [5.41, 5.74) is 3.10. The predicted molar refractivity (Wildman–Crippen MR) is 114 cm³/mol. The van der Waals surface area contributed by atoms with Crippen LogP contribution in [0.25, 0.3) is 22.5 Å². The average Bonchev–Trinajstić information content (AvgIpc) is 3.04. The van der Waals surface area contributed by atoms with E-state index in [-0.39, 0.29) is 19.1 Å². The smallest absolute Gasteiger partial charge is 0.139 e. The Bertz CT molecular complexity index is 953. The molecule has 0 fully saturated rings. The first kappa shape index (κ1) is 21.0. The molecule has 0 N–H and O–H groups in total. The molecule has 0 unspecified atom stereocenters. The van der Waals surface area contributed by atoms with E-state index in [0.717, 1.165) is 22.9 Å². The Balaban J connectivity index is 2.04. The Labute approximate surface area is 170 Å². The number of aromatic nitrogens is 3. The van der Waals surface area contributed by atoms with E-state index in [1.807, 2.05) is 16.7 Å². The number of pyridine rings is 1. The highest BCUT2D eigenvalue weighted by Crippen LogP contribution is 2.33. The fourth-order valence-electron chi connectivity index (χ4n) is 2.96. The van der Waals surface area contributed by atoms with Gasteiger partial charge in [0.1, 0.15) is 24.9 Å². The fraction of sp³-hybridized carbons (Fsp3) is 0.333. The van der Waals surface area contributed by atoms with E-state index >= 15 is 0 Å². The Morgan fingerprint density at radius 2 is 1.76 bits per heavy atom. The molecule has 3 aromatic rings. The van der Waals surface area contributed by atoms with Gasteiger partial charge in [-0.2, -0.15) is 4.91 Å². The Morgan fingerprint density at radius 1 is 1.07 bits per heavy atom. The van der Waals surface area contributed by atoms with Gasteiger partial charge in [-0.1, -0.05) is 24.8 Å². The van der Waals surface area contributed by atoms with Crippen molar-refractivity contribution in [3.05, 3.63) is 65.3 Å². The van der Waals surface area contributed by atoms with Crippen LogP contribution in [0.2, 0.25) is 25.7 Å². The molecule has 0 aliphatic carbocycles. The summed E-state index contributed by atoms with van der Waals surface area (Å²) in [4.78, 5) is 19.8. The number of rotatable bonds is 9. The van der Waals surface area contributed by atoms with Crippen LogP contribution in [0.5, 0.6) is 0 Å². The lowest BCUT2D eigenvalue weighted by atomic mass is 10.1. The summed E-state index contributed by atoms with van der Waals surface area (Å²) < 4.78 is 21.3. The molecule has 0 bridgehead atoms. The molecule has 0 spiro atoms. The molecule has 0 radical (unpaired) electrons. The van der Waals surface area contributed by atoms with Crippen molar-refractivity contribution in [2.45, 2.75) is 39.0 Å². The predicted octanol–water partition coefficient (Wildman–Crippen LogP) is 5.33. The van der Waals surface area contributed by atoms with E-state index in [4.69, 9.17) is 4.74 Å². The summed E-state index contributed by atoms with van der Waals surface area (Å²) in [5, 5.41) is 3.04. The quantitative estimate of drug-likeness (QED) is 0.271. The first-order valence-electron chi connectivity index (χ1n) is 9.51. The summed E-state index contributed by atoms with van der Waals surface area (Å²) >= 11 is 0. The van der Waals surface area contributed by atoms with Gasteiger partial charge < -0.3 is 9.30 Å². The van der Waals surface area contributed by atoms with Crippen molar-refractivity contribution in [2.75, 3.05) is 6.61 Å². The first-order valence-corrected chi connectivity index (χ1v) is 13.2. The van der Waals surface area contributed by atoms with Crippen molar-refractivity contribution < 1.29 is 9.13 Å². The van der Waals surface area contributed by atoms with Crippen LogP contribution >= 0.6 is 0 Å². The maximum atomic E-state index is 13.5. The second kappa shape index (κ2) is 9.19. The second-order valence-electron chi connectivity index (χ2n) is 8.03. The minimum Gasteiger partial charge on any atom is -0.361 e. The van der Waals surface area contributed by atoms with Gasteiger partial charge in [-0.05, 0) is 42.4 Å². The Hall–Kier alpha value is -2.71. The number of nitroso groups, excluding NO2 is 1. The van der Waals surface area contributed by atoms with Crippen molar-refractivity contribution in [3.8, 4) is 22.5 Å². The van der Waals surface area contributed by atoms with Crippen molar-refractivity contribution in [2.24, 2.45) is 5.18 Å². The molecular formula is C21H25FN4O2Si. The number of halogens is 1. The molecule has 2 heterocycles. The molecule has 29 heavy (non-hydrogen) atoms. The topological polar surface area (TPSA) is 69.4 Å². The lowest BCUT2D eigenvalue weighted by molar-refractivity contribution is 0.0863. The van der Waals surface area contributed by atoms with Crippen molar-refractivity contribution >= 4 is 8.07 Å². The molecule has 1 aromatic carbocycles. The summed E-state index contributed by atoms with van der Waals surface area (Å²) in [6, 6.07) is 11.0. The third-order valence-corrected chi connectivity index (χ3v) is 6.24. The molecule has 8 heteroatoms. The monoisotopic (exact) mass is 412 g/mol. The van der Waals surface area contributed by atoms with Gasteiger partial charge in [0.15, 0.2) is 0 Å². The SMILES string of the molecule is C[Si](C)(C)CCOCn1c(CN=O)nc(-c2ccncc2)c1-c1ccc(F)cc1. The molecule has 0 atom stereocenters. The summed E-state index contributed by atoms with van der Waals surface area (Å²) in [7, 11) is -1.22. The third kappa shape index (κ3) is 5.42. The molecule has 0 amide bonds. The molecule has 0 saturated heterocycles. The van der Waals surface area contributed by atoms with Crippen LogP contribution in [0, 0.1) is 10.7 Å². The summed E-state index contributed by atoms with van der Waals surface area (Å²) in [6.07, 6.45) is 3.37. The highest BCUT2D eigenvalue weighted by Gasteiger charge is 2.21. The molecule has 0 aliphatic rings. The molecule has 2 aromatic heterocycles. The third-order valence-electron chi connectivity index (χ3n) is 4.54. The van der Waals surface area contributed by atoms with Crippen LogP contribution in [0.3, 0.4) is 0 Å². The van der Waals surface area contributed by atoms with Gasteiger partial charge in [-0.25, -0.2) is 9.37 Å². The van der Waals surface area contributed by atoms with Crippen LogP contribution in [-0.2, 0) is 18.0 Å². The molecule has 152 valence electrons. The van der Waals surface area contributed by atoms with E-state index in [9.17, 15) is 9.30 Å². The first-order chi connectivity index (χ1) is 13.9. The Morgan fingerprint density at radius 3 is 2.38 bits per heavy atom. The van der Waals surface area contributed by atoms with Gasteiger partial charge in [0.2, 0.25) is 0 Å². The number of nitrogens with zero attached hydrogens (tertiary/aromatic N) is 4. The van der Waals surface area contributed by atoms with Crippen molar-refractivity contribution in [1.82, 2.24) is 14.5 Å². The number of hydrogen-bond donors (Lipinski definition) is 0. The second-order valence-corrected chi connectivity index (χ2v) is 13.7. The zero-order chi connectivity index (χ0) is 20.9. The van der Waals surface area contributed by atoms with Gasteiger partial charge in [0, 0.05) is 38.2 Å².